The Kier molecular flexibility index (Phi) is 1.83. The molecular formula is C9H12N2O2. The maximum Gasteiger partial charge on any atom is 0.306 e. The topological polar surface area (TPSA) is 55.1 Å². The van der Waals surface area contributed by atoms with Crippen molar-refractivity contribution in [3.8, 4) is 0 Å². The molecular weight excluding hydrogens is 168 g/mol. The summed E-state index contributed by atoms with van der Waals surface area (Å²) >= 11 is 0. The van der Waals surface area contributed by atoms with E-state index in [9.17, 15) is 4.79 Å². The van der Waals surface area contributed by atoms with Gasteiger partial charge >= 0.3 is 5.97 Å². The van der Waals surface area contributed by atoms with Crippen molar-refractivity contribution in [2.24, 2.45) is 5.92 Å². The predicted molar refractivity (Wildman–Crippen MR) is 46.4 cm³/mol. The molecule has 0 saturated carbocycles. The summed E-state index contributed by atoms with van der Waals surface area (Å²) in [6.07, 6.45) is 4.54. The molecule has 0 aliphatic carbocycles. The van der Waals surface area contributed by atoms with Crippen LogP contribution in [-0.2, 0) is 11.3 Å². The Bertz CT molecular complexity index is 332. The Balaban J connectivity index is 2.25. The average Bonchev–Trinajstić information content (AvgIpc) is 2.61. The van der Waals surface area contributed by atoms with Crippen molar-refractivity contribution in [2.45, 2.75) is 25.8 Å². The van der Waals surface area contributed by atoms with Gasteiger partial charge < -0.3 is 9.67 Å². The number of nitrogens with zero attached hydrogens (tertiary/aromatic N) is 2. The van der Waals surface area contributed by atoms with Crippen LogP contribution < -0.4 is 0 Å². The predicted octanol–water partition coefficient (Wildman–Crippen LogP) is 1.09. The van der Waals surface area contributed by atoms with Crippen molar-refractivity contribution in [3.63, 3.8) is 0 Å². The van der Waals surface area contributed by atoms with Gasteiger partial charge in [0.2, 0.25) is 0 Å². The van der Waals surface area contributed by atoms with Crippen LogP contribution in [-0.4, -0.2) is 20.6 Å². The minimum Gasteiger partial charge on any atom is -0.481 e. The number of hydrogen-bond acceptors (Lipinski definition) is 2. The van der Waals surface area contributed by atoms with Crippen molar-refractivity contribution < 1.29 is 9.90 Å². The van der Waals surface area contributed by atoms with Crippen LogP contribution in [0.4, 0.5) is 0 Å². The SMILES string of the molecule is CC(C(=O)O)C1CCn2ccnc21. The smallest absolute Gasteiger partial charge is 0.306 e. The van der Waals surface area contributed by atoms with Crippen LogP contribution in [0.15, 0.2) is 12.4 Å². The molecule has 1 aliphatic rings. The van der Waals surface area contributed by atoms with Gasteiger partial charge in [0.25, 0.3) is 0 Å². The quantitative estimate of drug-likeness (QED) is 0.741. The summed E-state index contributed by atoms with van der Waals surface area (Å²) in [4.78, 5) is 15.0. The van der Waals surface area contributed by atoms with Gasteiger partial charge in [0.1, 0.15) is 5.82 Å². The molecule has 0 radical (unpaired) electrons. The zero-order valence-electron chi connectivity index (χ0n) is 7.47. The van der Waals surface area contributed by atoms with Gasteiger partial charge in [-0.25, -0.2) is 4.98 Å². The largest absolute Gasteiger partial charge is 0.481 e. The monoisotopic (exact) mass is 180 g/mol. The lowest BCUT2D eigenvalue weighted by Crippen LogP contribution is -2.17. The number of imidazole rings is 1. The summed E-state index contributed by atoms with van der Waals surface area (Å²) in [5.41, 5.74) is 0. The Morgan fingerprint density at radius 1 is 1.85 bits per heavy atom. The molecule has 2 heterocycles. The molecule has 0 bridgehead atoms. The standard InChI is InChI=1S/C9H12N2O2/c1-6(9(12)13)7-2-4-11-5-3-10-8(7)11/h3,5-7H,2,4H2,1H3,(H,12,13). The van der Waals surface area contributed by atoms with E-state index in [-0.39, 0.29) is 11.8 Å². The zero-order chi connectivity index (χ0) is 9.42. The lowest BCUT2D eigenvalue weighted by Gasteiger charge is -2.12. The number of aryl methyl sites for hydroxylation is 1. The molecule has 13 heavy (non-hydrogen) atoms. The van der Waals surface area contributed by atoms with E-state index in [1.165, 1.54) is 0 Å². The fourth-order valence-corrected chi connectivity index (χ4v) is 1.89. The molecule has 1 aliphatic heterocycles. The van der Waals surface area contributed by atoms with Crippen molar-refractivity contribution in [1.82, 2.24) is 9.55 Å². The molecule has 1 aromatic rings. The first-order valence-corrected chi connectivity index (χ1v) is 4.44. The van der Waals surface area contributed by atoms with Gasteiger partial charge in [0.05, 0.1) is 5.92 Å². The summed E-state index contributed by atoms with van der Waals surface area (Å²) in [5.74, 6) is -0.0486. The minimum atomic E-state index is -0.735. The van der Waals surface area contributed by atoms with Gasteiger partial charge in [-0.1, -0.05) is 6.92 Å². The summed E-state index contributed by atoms with van der Waals surface area (Å²) < 4.78 is 2.03. The van der Waals surface area contributed by atoms with Crippen molar-refractivity contribution in [2.75, 3.05) is 0 Å². The van der Waals surface area contributed by atoms with Crippen LogP contribution in [0.1, 0.15) is 25.1 Å². The molecule has 70 valence electrons. The number of rotatable bonds is 2. The van der Waals surface area contributed by atoms with Crippen molar-refractivity contribution in [3.05, 3.63) is 18.2 Å². The van der Waals surface area contributed by atoms with E-state index in [1.807, 2.05) is 10.8 Å². The van der Waals surface area contributed by atoms with Crippen LogP contribution in [0.25, 0.3) is 0 Å². The molecule has 0 aromatic carbocycles. The maximum atomic E-state index is 10.8. The summed E-state index contributed by atoms with van der Waals surface area (Å²) in [6.45, 7) is 2.65. The zero-order valence-corrected chi connectivity index (χ0v) is 7.47. The second kappa shape index (κ2) is 2.87. The third-order valence-corrected chi connectivity index (χ3v) is 2.75. The Labute approximate surface area is 76.2 Å². The highest BCUT2D eigenvalue weighted by atomic mass is 16.4. The van der Waals surface area contributed by atoms with E-state index in [1.54, 1.807) is 13.1 Å². The lowest BCUT2D eigenvalue weighted by atomic mass is 9.92. The van der Waals surface area contributed by atoms with E-state index >= 15 is 0 Å². The van der Waals surface area contributed by atoms with Crippen LogP contribution >= 0.6 is 0 Å². The van der Waals surface area contributed by atoms with Crippen LogP contribution in [0, 0.1) is 5.92 Å². The van der Waals surface area contributed by atoms with Crippen molar-refractivity contribution >= 4 is 5.97 Å². The van der Waals surface area contributed by atoms with Crippen LogP contribution in [0.2, 0.25) is 0 Å². The molecule has 2 rings (SSSR count). The average molecular weight is 180 g/mol. The van der Waals surface area contributed by atoms with Crippen LogP contribution in [0.3, 0.4) is 0 Å². The third kappa shape index (κ3) is 1.22. The van der Waals surface area contributed by atoms with Gasteiger partial charge in [0, 0.05) is 24.9 Å². The highest BCUT2D eigenvalue weighted by Gasteiger charge is 2.32. The number of carboxylic acids is 1. The van der Waals surface area contributed by atoms with Crippen molar-refractivity contribution in [1.29, 1.82) is 0 Å². The summed E-state index contributed by atoms with van der Waals surface area (Å²) in [7, 11) is 0. The fraction of sp³-hybridized carbons (Fsp3) is 0.556. The van der Waals surface area contributed by atoms with E-state index in [2.05, 4.69) is 4.98 Å². The van der Waals surface area contributed by atoms with Crippen LogP contribution in [0.5, 0.6) is 0 Å². The molecule has 0 amide bonds. The second-order valence-corrected chi connectivity index (χ2v) is 3.50. The van der Waals surface area contributed by atoms with E-state index < -0.39 is 5.97 Å². The molecule has 4 nitrogen and oxygen atoms in total. The Hall–Kier alpha value is -1.32. The molecule has 1 N–H and O–H groups in total. The first-order chi connectivity index (χ1) is 6.20. The summed E-state index contributed by atoms with van der Waals surface area (Å²) in [6, 6.07) is 0. The molecule has 0 saturated heterocycles. The maximum absolute atomic E-state index is 10.8. The van der Waals surface area contributed by atoms with E-state index in [4.69, 9.17) is 5.11 Å². The molecule has 0 spiro atoms. The number of aromatic nitrogens is 2. The van der Waals surface area contributed by atoms with E-state index in [0.717, 1.165) is 18.8 Å². The normalized spacial score (nSPS) is 22.7. The van der Waals surface area contributed by atoms with Gasteiger partial charge in [-0.3, -0.25) is 4.79 Å². The fourth-order valence-electron chi connectivity index (χ4n) is 1.89. The van der Waals surface area contributed by atoms with E-state index in [0.29, 0.717) is 0 Å². The molecule has 2 unspecified atom stereocenters. The molecule has 4 heteroatoms. The highest BCUT2D eigenvalue weighted by molar-refractivity contribution is 5.70. The number of carbonyl (C=O) groups is 1. The number of aliphatic carboxylic acids is 1. The minimum absolute atomic E-state index is 0.0903. The van der Waals surface area contributed by atoms with Gasteiger partial charge in [-0.2, -0.15) is 0 Å². The summed E-state index contributed by atoms with van der Waals surface area (Å²) in [5, 5.41) is 8.87. The number of hydrogen-bond donors (Lipinski definition) is 1. The van der Waals surface area contributed by atoms with Gasteiger partial charge in [-0.05, 0) is 6.42 Å². The van der Waals surface area contributed by atoms with Gasteiger partial charge in [-0.15, -0.1) is 0 Å². The van der Waals surface area contributed by atoms with Gasteiger partial charge in [0.15, 0.2) is 0 Å². The first kappa shape index (κ1) is 8.29. The third-order valence-electron chi connectivity index (χ3n) is 2.75. The molecule has 2 atom stereocenters. The Morgan fingerprint density at radius 3 is 3.31 bits per heavy atom. The number of carboxylic acid groups (broad SMARTS) is 1. The Morgan fingerprint density at radius 2 is 2.62 bits per heavy atom. The molecule has 0 fully saturated rings. The lowest BCUT2D eigenvalue weighted by molar-refractivity contribution is -0.141. The highest BCUT2D eigenvalue weighted by Crippen LogP contribution is 2.32. The first-order valence-electron chi connectivity index (χ1n) is 4.44. The molecule has 1 aromatic heterocycles. The number of fused-ring (bicyclic) bond motifs is 1. The second-order valence-electron chi connectivity index (χ2n) is 3.50.